The molecular formula is C31H31FO5. The van der Waals surface area contributed by atoms with Crippen molar-refractivity contribution in [3.05, 3.63) is 89.2 Å². The van der Waals surface area contributed by atoms with Crippen LogP contribution < -0.4 is 9.47 Å². The van der Waals surface area contributed by atoms with Gasteiger partial charge >= 0.3 is 5.97 Å². The lowest BCUT2D eigenvalue weighted by atomic mass is 9.90. The molecule has 2 aliphatic rings. The summed E-state index contributed by atoms with van der Waals surface area (Å²) >= 11 is 0. The summed E-state index contributed by atoms with van der Waals surface area (Å²) in [5, 5.41) is 9.35. The third-order valence-electron chi connectivity index (χ3n) is 7.13. The van der Waals surface area contributed by atoms with Crippen LogP contribution in [0.2, 0.25) is 0 Å². The molecule has 0 amide bonds. The van der Waals surface area contributed by atoms with Crippen molar-refractivity contribution in [2.45, 2.75) is 38.2 Å². The molecule has 1 unspecified atom stereocenters. The SMILES string of the molecule is COc1ccc(F)c(-c2ccc(COc3cccc(C(CC(=O)O)C4CC4)c3)cc2C2=CCOCC2)c1. The van der Waals surface area contributed by atoms with Gasteiger partial charge in [-0.2, -0.15) is 0 Å². The average molecular weight is 503 g/mol. The first kappa shape index (κ1) is 25.0. The highest BCUT2D eigenvalue weighted by molar-refractivity contribution is 5.83. The van der Waals surface area contributed by atoms with E-state index in [9.17, 15) is 14.3 Å². The highest BCUT2D eigenvalue weighted by Gasteiger charge is 2.33. The summed E-state index contributed by atoms with van der Waals surface area (Å²) in [6.45, 7) is 1.49. The van der Waals surface area contributed by atoms with Crippen LogP contribution in [0, 0.1) is 11.7 Å². The Hall–Kier alpha value is -3.64. The van der Waals surface area contributed by atoms with E-state index in [1.807, 2.05) is 36.4 Å². The number of carboxylic acids is 1. The van der Waals surface area contributed by atoms with Gasteiger partial charge in [-0.25, -0.2) is 4.39 Å². The predicted molar refractivity (Wildman–Crippen MR) is 140 cm³/mol. The Balaban J connectivity index is 1.41. The lowest BCUT2D eigenvalue weighted by Gasteiger charge is -2.19. The molecule has 1 aliphatic heterocycles. The molecule has 0 saturated heterocycles. The molecule has 1 aliphatic carbocycles. The molecule has 0 spiro atoms. The van der Waals surface area contributed by atoms with Crippen LogP contribution in [-0.4, -0.2) is 31.4 Å². The van der Waals surface area contributed by atoms with E-state index in [4.69, 9.17) is 14.2 Å². The van der Waals surface area contributed by atoms with E-state index < -0.39 is 5.97 Å². The maximum Gasteiger partial charge on any atom is 0.303 e. The van der Waals surface area contributed by atoms with Crippen molar-refractivity contribution in [1.82, 2.24) is 0 Å². The third kappa shape index (κ3) is 6.03. The highest BCUT2D eigenvalue weighted by Crippen LogP contribution is 2.45. The molecule has 1 N–H and O–H groups in total. The van der Waals surface area contributed by atoms with Crippen molar-refractivity contribution < 1.29 is 28.5 Å². The molecule has 0 aromatic heterocycles. The molecule has 192 valence electrons. The summed E-state index contributed by atoms with van der Waals surface area (Å²) < 4.78 is 31.9. The van der Waals surface area contributed by atoms with Crippen molar-refractivity contribution in [2.75, 3.05) is 20.3 Å². The second-order valence-electron chi connectivity index (χ2n) is 9.68. The normalized spacial score (nSPS) is 16.1. The minimum absolute atomic E-state index is 0.0187. The number of hydrogen-bond acceptors (Lipinski definition) is 4. The Kier molecular flexibility index (Phi) is 7.56. The highest BCUT2D eigenvalue weighted by atomic mass is 19.1. The number of ether oxygens (including phenoxy) is 3. The van der Waals surface area contributed by atoms with Crippen LogP contribution in [0.25, 0.3) is 16.7 Å². The van der Waals surface area contributed by atoms with Gasteiger partial charge in [0.1, 0.15) is 23.9 Å². The first-order valence-corrected chi connectivity index (χ1v) is 12.7. The Morgan fingerprint density at radius 1 is 1.05 bits per heavy atom. The van der Waals surface area contributed by atoms with Gasteiger partial charge in [-0.05, 0) is 95.3 Å². The van der Waals surface area contributed by atoms with Gasteiger partial charge in [0.25, 0.3) is 0 Å². The number of methoxy groups -OCH3 is 1. The van der Waals surface area contributed by atoms with Crippen LogP contribution in [0.5, 0.6) is 11.5 Å². The van der Waals surface area contributed by atoms with Gasteiger partial charge in [-0.1, -0.05) is 30.3 Å². The van der Waals surface area contributed by atoms with E-state index in [2.05, 4.69) is 12.1 Å². The van der Waals surface area contributed by atoms with Gasteiger partial charge < -0.3 is 19.3 Å². The van der Waals surface area contributed by atoms with Crippen LogP contribution >= 0.6 is 0 Å². The van der Waals surface area contributed by atoms with Gasteiger partial charge in [0.2, 0.25) is 0 Å². The molecule has 6 heteroatoms. The first-order chi connectivity index (χ1) is 18.0. The molecule has 5 nitrogen and oxygen atoms in total. The van der Waals surface area contributed by atoms with Gasteiger partial charge in [-0.15, -0.1) is 0 Å². The number of aliphatic carboxylic acids is 1. The molecule has 3 aromatic rings. The fourth-order valence-corrected chi connectivity index (χ4v) is 5.04. The van der Waals surface area contributed by atoms with E-state index in [0.717, 1.165) is 47.1 Å². The van der Waals surface area contributed by atoms with Crippen molar-refractivity contribution >= 4 is 11.5 Å². The minimum atomic E-state index is -0.772. The summed E-state index contributed by atoms with van der Waals surface area (Å²) in [5.41, 5.74) is 5.35. The number of rotatable bonds is 10. The van der Waals surface area contributed by atoms with Gasteiger partial charge in [0, 0.05) is 5.56 Å². The fraction of sp³-hybridized carbons (Fsp3) is 0.323. The second-order valence-corrected chi connectivity index (χ2v) is 9.68. The number of carboxylic acid groups (broad SMARTS) is 1. The number of benzene rings is 3. The standard InChI is InChI=1S/C31H31FO5/c1-35-24-8-10-30(32)29(17-24)26-9-5-20(15-28(26)22-11-13-36-14-12-22)19-37-25-4-2-3-23(16-25)27(18-31(33)34)21-6-7-21/h2-5,8-11,15-17,21,27H,6-7,12-14,18-19H2,1H3,(H,33,34). The average Bonchev–Trinajstić information content (AvgIpc) is 3.77. The number of halogens is 1. The molecule has 1 atom stereocenters. The smallest absolute Gasteiger partial charge is 0.303 e. The third-order valence-corrected chi connectivity index (χ3v) is 7.13. The second kappa shape index (κ2) is 11.2. The van der Waals surface area contributed by atoms with Crippen molar-refractivity contribution in [1.29, 1.82) is 0 Å². The Morgan fingerprint density at radius 2 is 1.92 bits per heavy atom. The van der Waals surface area contributed by atoms with Crippen molar-refractivity contribution in [3.8, 4) is 22.6 Å². The van der Waals surface area contributed by atoms with E-state index in [-0.39, 0.29) is 18.2 Å². The summed E-state index contributed by atoms with van der Waals surface area (Å²) in [7, 11) is 1.57. The van der Waals surface area contributed by atoms with Crippen LogP contribution in [0.15, 0.2) is 66.7 Å². The predicted octanol–water partition coefficient (Wildman–Crippen LogP) is 6.85. The van der Waals surface area contributed by atoms with E-state index in [1.54, 1.807) is 19.2 Å². The topological polar surface area (TPSA) is 65.0 Å². The lowest BCUT2D eigenvalue weighted by Crippen LogP contribution is -2.08. The summed E-state index contributed by atoms with van der Waals surface area (Å²) in [5.74, 6) is 0.690. The lowest BCUT2D eigenvalue weighted by molar-refractivity contribution is -0.137. The zero-order chi connectivity index (χ0) is 25.8. The monoisotopic (exact) mass is 502 g/mol. The zero-order valence-electron chi connectivity index (χ0n) is 20.9. The summed E-state index contributed by atoms with van der Waals surface area (Å²) in [4.78, 5) is 11.4. The molecule has 0 radical (unpaired) electrons. The molecule has 3 aromatic carbocycles. The summed E-state index contributed by atoms with van der Waals surface area (Å²) in [6, 6.07) is 18.5. The molecule has 1 fully saturated rings. The van der Waals surface area contributed by atoms with Crippen LogP contribution in [0.1, 0.15) is 48.3 Å². The number of hydrogen-bond donors (Lipinski definition) is 1. The fourth-order valence-electron chi connectivity index (χ4n) is 5.04. The molecule has 37 heavy (non-hydrogen) atoms. The van der Waals surface area contributed by atoms with E-state index in [1.165, 1.54) is 6.07 Å². The van der Waals surface area contributed by atoms with Crippen molar-refractivity contribution in [3.63, 3.8) is 0 Å². The maximum absolute atomic E-state index is 14.9. The van der Waals surface area contributed by atoms with Crippen LogP contribution in [0.3, 0.4) is 0 Å². The Bertz CT molecular complexity index is 1310. The van der Waals surface area contributed by atoms with Gasteiger partial charge in [0.05, 0.1) is 26.7 Å². The quantitative estimate of drug-likeness (QED) is 0.328. The van der Waals surface area contributed by atoms with Crippen LogP contribution in [0.4, 0.5) is 4.39 Å². The molecule has 1 saturated carbocycles. The molecule has 0 bridgehead atoms. The minimum Gasteiger partial charge on any atom is -0.497 e. The summed E-state index contributed by atoms with van der Waals surface area (Å²) in [6.07, 6.45) is 5.09. The maximum atomic E-state index is 14.9. The molecule has 1 heterocycles. The van der Waals surface area contributed by atoms with E-state index >= 15 is 0 Å². The largest absolute Gasteiger partial charge is 0.497 e. The molecular weight excluding hydrogens is 471 g/mol. The van der Waals surface area contributed by atoms with Crippen LogP contribution in [-0.2, 0) is 16.1 Å². The van der Waals surface area contributed by atoms with E-state index in [0.29, 0.717) is 42.8 Å². The van der Waals surface area contributed by atoms with Crippen molar-refractivity contribution in [2.24, 2.45) is 5.92 Å². The Morgan fingerprint density at radius 3 is 2.65 bits per heavy atom. The zero-order valence-corrected chi connectivity index (χ0v) is 20.9. The van der Waals surface area contributed by atoms with Gasteiger partial charge in [0.15, 0.2) is 0 Å². The molecule has 5 rings (SSSR count). The Labute approximate surface area is 216 Å². The van der Waals surface area contributed by atoms with Gasteiger partial charge in [-0.3, -0.25) is 4.79 Å². The number of carbonyl (C=O) groups is 1. The first-order valence-electron chi connectivity index (χ1n) is 12.7.